The molecule has 2 heteroatoms. The van der Waals surface area contributed by atoms with Gasteiger partial charge in [-0.2, -0.15) is 0 Å². The summed E-state index contributed by atoms with van der Waals surface area (Å²) in [6.45, 7) is 7.45. The van der Waals surface area contributed by atoms with Crippen molar-refractivity contribution in [2.24, 2.45) is 0 Å². The quantitative estimate of drug-likeness (QED) is 0.633. The van der Waals surface area contributed by atoms with Crippen LogP contribution in [0.15, 0.2) is 23.3 Å². The predicted molar refractivity (Wildman–Crippen MR) is 47.8 cm³/mol. The zero-order valence-electron chi connectivity index (χ0n) is 7.55. The molecule has 0 aromatic heterocycles. The van der Waals surface area contributed by atoms with Gasteiger partial charge in [-0.1, -0.05) is 12.2 Å². The maximum absolute atomic E-state index is 11.3. The van der Waals surface area contributed by atoms with Crippen molar-refractivity contribution in [1.29, 1.82) is 0 Å². The standard InChI is InChI=1S/C10H14O2/c1-6(2)4-8-7(3)9(11)5-10(8)12/h9,11H,1,4-5H2,2-3H3. The number of ketones is 1. The molecule has 0 spiro atoms. The first-order chi connectivity index (χ1) is 5.52. The first-order valence-electron chi connectivity index (χ1n) is 4.07. The van der Waals surface area contributed by atoms with Gasteiger partial charge in [-0.25, -0.2) is 0 Å². The lowest BCUT2D eigenvalue weighted by atomic mass is 10.0. The summed E-state index contributed by atoms with van der Waals surface area (Å²) in [5.41, 5.74) is 2.55. The van der Waals surface area contributed by atoms with E-state index in [4.69, 9.17) is 0 Å². The minimum Gasteiger partial charge on any atom is -0.388 e. The molecular weight excluding hydrogens is 152 g/mol. The highest BCUT2D eigenvalue weighted by Crippen LogP contribution is 2.27. The normalized spacial score (nSPS) is 23.6. The van der Waals surface area contributed by atoms with Crippen LogP contribution >= 0.6 is 0 Å². The van der Waals surface area contributed by atoms with E-state index >= 15 is 0 Å². The van der Waals surface area contributed by atoms with Crippen LogP contribution in [0.5, 0.6) is 0 Å². The molecule has 0 saturated heterocycles. The second kappa shape index (κ2) is 3.23. The summed E-state index contributed by atoms with van der Waals surface area (Å²) >= 11 is 0. The molecule has 66 valence electrons. The molecular formula is C10H14O2. The second-order valence-corrected chi connectivity index (χ2v) is 3.44. The minimum atomic E-state index is -0.549. The molecule has 0 saturated carbocycles. The van der Waals surface area contributed by atoms with E-state index in [1.165, 1.54) is 0 Å². The zero-order chi connectivity index (χ0) is 9.30. The monoisotopic (exact) mass is 166 g/mol. The fourth-order valence-electron chi connectivity index (χ4n) is 1.41. The van der Waals surface area contributed by atoms with Crippen LogP contribution < -0.4 is 0 Å². The molecule has 0 bridgehead atoms. The van der Waals surface area contributed by atoms with E-state index < -0.39 is 6.10 Å². The number of allylic oxidation sites excluding steroid dienone is 2. The highest BCUT2D eigenvalue weighted by molar-refractivity contribution is 5.99. The molecule has 2 nitrogen and oxygen atoms in total. The summed E-state index contributed by atoms with van der Waals surface area (Å²) in [5.74, 6) is 0.0722. The number of Topliss-reactive ketones (excluding diaryl/α,β-unsaturated/α-hetero) is 1. The molecule has 1 aliphatic rings. The van der Waals surface area contributed by atoms with Crippen molar-refractivity contribution >= 4 is 5.78 Å². The lowest BCUT2D eigenvalue weighted by Gasteiger charge is -2.02. The highest BCUT2D eigenvalue weighted by Gasteiger charge is 2.27. The largest absolute Gasteiger partial charge is 0.388 e. The Balaban J connectivity index is 2.85. The summed E-state index contributed by atoms with van der Waals surface area (Å²) < 4.78 is 0. The van der Waals surface area contributed by atoms with E-state index in [9.17, 15) is 9.90 Å². The first-order valence-corrected chi connectivity index (χ1v) is 4.07. The Bertz CT molecular complexity index is 261. The fraction of sp³-hybridized carbons (Fsp3) is 0.500. The van der Waals surface area contributed by atoms with Crippen LogP contribution in [0.4, 0.5) is 0 Å². The molecule has 0 fully saturated rings. The summed E-state index contributed by atoms with van der Waals surface area (Å²) in [6.07, 6.45) is 0.322. The van der Waals surface area contributed by atoms with Crippen LogP contribution in [0.3, 0.4) is 0 Å². The molecule has 1 rings (SSSR count). The molecule has 1 atom stereocenters. The lowest BCUT2D eigenvalue weighted by molar-refractivity contribution is -0.115. The Hall–Kier alpha value is -0.890. The highest BCUT2D eigenvalue weighted by atomic mass is 16.3. The molecule has 1 N–H and O–H groups in total. The Morgan fingerprint density at radius 3 is 2.67 bits per heavy atom. The average molecular weight is 166 g/mol. The van der Waals surface area contributed by atoms with Gasteiger partial charge in [0, 0.05) is 12.0 Å². The Kier molecular flexibility index (Phi) is 2.48. The van der Waals surface area contributed by atoms with Gasteiger partial charge in [0.1, 0.15) is 0 Å². The first kappa shape index (κ1) is 9.20. The van der Waals surface area contributed by atoms with E-state index in [0.29, 0.717) is 6.42 Å². The number of rotatable bonds is 2. The molecule has 0 amide bonds. The minimum absolute atomic E-state index is 0.0722. The molecule has 0 heterocycles. The van der Waals surface area contributed by atoms with Crippen molar-refractivity contribution in [2.75, 3.05) is 0 Å². The van der Waals surface area contributed by atoms with E-state index in [-0.39, 0.29) is 12.2 Å². The number of carbonyl (C=O) groups is 1. The van der Waals surface area contributed by atoms with E-state index in [2.05, 4.69) is 6.58 Å². The molecule has 0 radical (unpaired) electrons. The zero-order valence-corrected chi connectivity index (χ0v) is 7.55. The van der Waals surface area contributed by atoms with Gasteiger partial charge in [0.2, 0.25) is 0 Å². The summed E-state index contributed by atoms with van der Waals surface area (Å²) in [7, 11) is 0. The van der Waals surface area contributed by atoms with Gasteiger partial charge in [0.05, 0.1) is 6.10 Å². The van der Waals surface area contributed by atoms with Crippen LogP contribution in [0.2, 0.25) is 0 Å². The van der Waals surface area contributed by atoms with Crippen molar-refractivity contribution < 1.29 is 9.90 Å². The third kappa shape index (κ3) is 1.64. The van der Waals surface area contributed by atoms with E-state index in [1.807, 2.05) is 13.8 Å². The fourth-order valence-corrected chi connectivity index (χ4v) is 1.41. The molecule has 0 aromatic rings. The van der Waals surface area contributed by atoms with Crippen molar-refractivity contribution in [1.82, 2.24) is 0 Å². The topological polar surface area (TPSA) is 37.3 Å². The maximum atomic E-state index is 11.3. The Labute approximate surface area is 72.6 Å². The van der Waals surface area contributed by atoms with Gasteiger partial charge in [-0.05, 0) is 25.8 Å². The maximum Gasteiger partial charge on any atom is 0.162 e. The van der Waals surface area contributed by atoms with Crippen molar-refractivity contribution in [3.63, 3.8) is 0 Å². The van der Waals surface area contributed by atoms with Gasteiger partial charge in [0.25, 0.3) is 0 Å². The van der Waals surface area contributed by atoms with E-state index in [0.717, 1.165) is 16.7 Å². The van der Waals surface area contributed by atoms with Crippen LogP contribution in [0, 0.1) is 0 Å². The Morgan fingerprint density at radius 2 is 2.33 bits per heavy atom. The summed E-state index contributed by atoms with van der Waals surface area (Å²) in [4.78, 5) is 11.3. The van der Waals surface area contributed by atoms with Crippen LogP contribution in [0.1, 0.15) is 26.7 Å². The van der Waals surface area contributed by atoms with Gasteiger partial charge in [0.15, 0.2) is 5.78 Å². The Morgan fingerprint density at radius 1 is 1.75 bits per heavy atom. The molecule has 1 unspecified atom stereocenters. The van der Waals surface area contributed by atoms with Gasteiger partial charge in [-0.15, -0.1) is 0 Å². The molecule has 0 aliphatic heterocycles. The predicted octanol–water partition coefficient (Wildman–Crippen LogP) is 1.60. The number of aliphatic hydroxyl groups excluding tert-OH is 1. The number of aliphatic hydroxyl groups is 1. The van der Waals surface area contributed by atoms with Crippen molar-refractivity contribution in [3.05, 3.63) is 23.3 Å². The third-order valence-electron chi connectivity index (χ3n) is 2.17. The lowest BCUT2D eigenvalue weighted by Crippen LogP contribution is -2.03. The van der Waals surface area contributed by atoms with E-state index in [1.54, 1.807) is 0 Å². The third-order valence-corrected chi connectivity index (χ3v) is 2.17. The van der Waals surface area contributed by atoms with Crippen molar-refractivity contribution in [2.45, 2.75) is 32.8 Å². The molecule has 1 aliphatic carbocycles. The number of carbonyl (C=O) groups excluding carboxylic acids is 1. The molecule has 12 heavy (non-hydrogen) atoms. The van der Waals surface area contributed by atoms with Crippen molar-refractivity contribution in [3.8, 4) is 0 Å². The summed E-state index contributed by atoms with van der Waals surface area (Å²) in [6, 6.07) is 0. The number of hydrogen-bond acceptors (Lipinski definition) is 2. The van der Waals surface area contributed by atoms with Crippen LogP contribution in [-0.2, 0) is 4.79 Å². The van der Waals surface area contributed by atoms with Crippen LogP contribution in [-0.4, -0.2) is 17.0 Å². The number of hydrogen-bond donors (Lipinski definition) is 1. The average Bonchev–Trinajstić information content (AvgIpc) is 2.16. The smallest absolute Gasteiger partial charge is 0.162 e. The van der Waals surface area contributed by atoms with Gasteiger partial charge < -0.3 is 5.11 Å². The van der Waals surface area contributed by atoms with Crippen LogP contribution in [0.25, 0.3) is 0 Å². The molecule has 0 aromatic carbocycles. The SMILES string of the molecule is C=C(C)CC1=C(C)C(O)CC1=O. The summed E-state index contributed by atoms with van der Waals surface area (Å²) in [5, 5.41) is 9.34. The van der Waals surface area contributed by atoms with Gasteiger partial charge >= 0.3 is 0 Å². The second-order valence-electron chi connectivity index (χ2n) is 3.44. The van der Waals surface area contributed by atoms with Gasteiger partial charge in [-0.3, -0.25) is 4.79 Å².